The second-order valence-electron chi connectivity index (χ2n) is 8.15. The third-order valence-electron chi connectivity index (χ3n) is 5.68. The average Bonchev–Trinajstić information content (AvgIpc) is 3.22. The van der Waals surface area contributed by atoms with Gasteiger partial charge in [0, 0.05) is 43.7 Å². The number of carbonyl (C=O) groups is 3. The molecule has 0 saturated carbocycles. The van der Waals surface area contributed by atoms with Crippen molar-refractivity contribution in [3.05, 3.63) is 45.8 Å². The molecular weight excluding hydrogens is 454 g/mol. The van der Waals surface area contributed by atoms with Crippen LogP contribution < -0.4 is 20.7 Å². The van der Waals surface area contributed by atoms with Gasteiger partial charge in [0.15, 0.2) is 0 Å². The third-order valence-corrected chi connectivity index (χ3v) is 6.89. The third kappa shape index (κ3) is 7.04. The monoisotopic (exact) mass is 487 g/mol. The number of ether oxygens (including phenoxy) is 2. The number of benzene rings is 1. The maximum Gasteiger partial charge on any atom is 0.254 e. The van der Waals surface area contributed by atoms with Crippen molar-refractivity contribution in [1.29, 1.82) is 0 Å². The number of rotatable bonds is 12. The van der Waals surface area contributed by atoms with Gasteiger partial charge in [0.1, 0.15) is 10.8 Å². The van der Waals surface area contributed by atoms with Gasteiger partial charge in [-0.1, -0.05) is 0 Å². The maximum atomic E-state index is 12.9. The van der Waals surface area contributed by atoms with Crippen LogP contribution in [0.3, 0.4) is 0 Å². The van der Waals surface area contributed by atoms with Crippen LogP contribution in [-0.2, 0) is 22.4 Å². The summed E-state index contributed by atoms with van der Waals surface area (Å²) in [5.41, 5.74) is 2.22. The van der Waals surface area contributed by atoms with Crippen molar-refractivity contribution in [2.24, 2.45) is 0 Å². The number of aryl methyl sites for hydroxylation is 1. The first-order chi connectivity index (χ1) is 16.5. The Morgan fingerprint density at radius 2 is 1.65 bits per heavy atom. The van der Waals surface area contributed by atoms with E-state index in [0.717, 1.165) is 37.7 Å². The van der Waals surface area contributed by atoms with Gasteiger partial charge in [-0.15, -0.1) is 11.3 Å². The van der Waals surface area contributed by atoms with Crippen LogP contribution in [0.1, 0.15) is 63.3 Å². The number of nitrogens with one attached hydrogen (secondary N) is 3. The van der Waals surface area contributed by atoms with E-state index in [0.29, 0.717) is 48.0 Å². The van der Waals surface area contributed by atoms with E-state index < -0.39 is 0 Å². The highest BCUT2D eigenvalue weighted by molar-refractivity contribution is 7.17. The summed E-state index contributed by atoms with van der Waals surface area (Å²) >= 11 is 1.51. The summed E-state index contributed by atoms with van der Waals surface area (Å²) in [5, 5.41) is 9.36. The zero-order valence-electron chi connectivity index (χ0n) is 19.8. The Bertz CT molecular complexity index is 987. The minimum atomic E-state index is -0.193. The molecule has 1 aromatic carbocycles. The lowest BCUT2D eigenvalue weighted by Gasteiger charge is -2.13. The molecule has 1 aromatic heterocycles. The normalized spacial score (nSPS) is 12.5. The first kappa shape index (κ1) is 25.7. The van der Waals surface area contributed by atoms with E-state index in [1.807, 2.05) is 0 Å². The number of hydrogen-bond acceptors (Lipinski definition) is 6. The standard InChI is InChI=1S/C25H33N3O5S/c1-32-16-6-15-27-24(31)22-19-7-3-4-8-20(19)34-25(22)28-21(29)9-5-14-26-23(30)17-10-12-18(33-2)13-11-17/h10-13H,3-9,14-16H2,1-2H3,(H,26,30)(H,27,31)(H,28,29). The number of amides is 3. The minimum absolute atomic E-state index is 0.141. The lowest BCUT2D eigenvalue weighted by molar-refractivity contribution is -0.116. The van der Waals surface area contributed by atoms with Crippen LogP contribution >= 0.6 is 11.3 Å². The number of hydrogen-bond donors (Lipinski definition) is 3. The van der Waals surface area contributed by atoms with Crippen molar-refractivity contribution >= 4 is 34.1 Å². The molecule has 1 aliphatic carbocycles. The molecule has 34 heavy (non-hydrogen) atoms. The number of anilines is 1. The summed E-state index contributed by atoms with van der Waals surface area (Å²) in [6.45, 7) is 1.49. The Hall–Kier alpha value is -2.91. The van der Waals surface area contributed by atoms with Crippen molar-refractivity contribution in [2.75, 3.05) is 39.2 Å². The van der Waals surface area contributed by atoms with Gasteiger partial charge in [0.25, 0.3) is 11.8 Å². The van der Waals surface area contributed by atoms with Gasteiger partial charge in [0.05, 0.1) is 12.7 Å². The van der Waals surface area contributed by atoms with E-state index >= 15 is 0 Å². The number of methoxy groups -OCH3 is 2. The van der Waals surface area contributed by atoms with Crippen LogP contribution in [0, 0.1) is 0 Å². The molecule has 2 aromatic rings. The topological polar surface area (TPSA) is 106 Å². The van der Waals surface area contributed by atoms with Gasteiger partial charge in [-0.2, -0.15) is 0 Å². The summed E-state index contributed by atoms with van der Waals surface area (Å²) in [4.78, 5) is 38.9. The van der Waals surface area contributed by atoms with Crippen LogP contribution in [0.5, 0.6) is 5.75 Å². The number of carbonyl (C=O) groups excluding carboxylic acids is 3. The summed E-state index contributed by atoms with van der Waals surface area (Å²) < 4.78 is 10.1. The molecule has 3 N–H and O–H groups in total. The molecule has 1 aliphatic rings. The summed E-state index contributed by atoms with van der Waals surface area (Å²) in [5.74, 6) is 0.191. The molecule has 0 radical (unpaired) electrons. The zero-order chi connectivity index (χ0) is 24.3. The smallest absolute Gasteiger partial charge is 0.254 e. The van der Waals surface area contributed by atoms with Crippen molar-refractivity contribution in [3.8, 4) is 5.75 Å². The molecule has 1 heterocycles. The fourth-order valence-corrected chi connectivity index (χ4v) is 5.19. The van der Waals surface area contributed by atoms with E-state index in [1.165, 1.54) is 16.2 Å². The van der Waals surface area contributed by atoms with Crippen LogP contribution in [-0.4, -0.2) is 51.6 Å². The molecule has 0 atom stereocenters. The number of thiophene rings is 1. The van der Waals surface area contributed by atoms with Crippen LogP contribution in [0.15, 0.2) is 24.3 Å². The average molecular weight is 488 g/mol. The summed E-state index contributed by atoms with van der Waals surface area (Å²) in [7, 11) is 3.21. The molecule has 0 unspecified atom stereocenters. The van der Waals surface area contributed by atoms with E-state index in [9.17, 15) is 14.4 Å². The largest absolute Gasteiger partial charge is 0.497 e. The highest BCUT2D eigenvalue weighted by atomic mass is 32.1. The minimum Gasteiger partial charge on any atom is -0.497 e. The van der Waals surface area contributed by atoms with Crippen LogP contribution in [0.25, 0.3) is 0 Å². The molecule has 0 saturated heterocycles. The Balaban J connectivity index is 1.52. The molecule has 8 nitrogen and oxygen atoms in total. The first-order valence-electron chi connectivity index (χ1n) is 11.7. The molecule has 3 rings (SSSR count). The highest BCUT2D eigenvalue weighted by Crippen LogP contribution is 2.38. The van der Waals surface area contributed by atoms with E-state index in [-0.39, 0.29) is 24.1 Å². The molecule has 0 fully saturated rings. The van der Waals surface area contributed by atoms with Crippen molar-refractivity contribution in [1.82, 2.24) is 10.6 Å². The van der Waals surface area contributed by atoms with Crippen molar-refractivity contribution in [2.45, 2.75) is 44.9 Å². The van der Waals surface area contributed by atoms with Crippen LogP contribution in [0.4, 0.5) is 5.00 Å². The van der Waals surface area contributed by atoms with Crippen molar-refractivity contribution < 1.29 is 23.9 Å². The Kier molecular flexibility index (Phi) is 9.90. The van der Waals surface area contributed by atoms with Gasteiger partial charge in [-0.3, -0.25) is 14.4 Å². The second kappa shape index (κ2) is 13.1. The fourth-order valence-electron chi connectivity index (χ4n) is 3.89. The SMILES string of the molecule is COCCCNC(=O)c1c(NC(=O)CCCNC(=O)c2ccc(OC)cc2)sc2c1CCCC2. The molecule has 184 valence electrons. The molecule has 3 amide bonds. The van der Waals surface area contributed by atoms with Crippen LogP contribution in [0.2, 0.25) is 0 Å². The molecule has 0 bridgehead atoms. The van der Waals surface area contributed by atoms with Gasteiger partial charge in [-0.25, -0.2) is 0 Å². The Morgan fingerprint density at radius 3 is 2.38 bits per heavy atom. The molecule has 0 spiro atoms. The summed E-state index contributed by atoms with van der Waals surface area (Å²) in [6.07, 6.45) is 5.44. The van der Waals surface area contributed by atoms with Gasteiger partial charge >= 0.3 is 0 Å². The molecule has 0 aliphatic heterocycles. The predicted octanol–water partition coefficient (Wildman–Crippen LogP) is 3.55. The Labute approximate surface area is 204 Å². The first-order valence-corrected chi connectivity index (χ1v) is 12.5. The fraction of sp³-hybridized carbons (Fsp3) is 0.480. The van der Waals surface area contributed by atoms with Gasteiger partial charge in [0.2, 0.25) is 5.91 Å². The second-order valence-corrected chi connectivity index (χ2v) is 9.26. The summed E-state index contributed by atoms with van der Waals surface area (Å²) in [6, 6.07) is 6.85. The van der Waals surface area contributed by atoms with E-state index in [2.05, 4.69) is 16.0 Å². The maximum absolute atomic E-state index is 12.9. The molecular formula is C25H33N3O5S. The van der Waals surface area contributed by atoms with E-state index in [1.54, 1.807) is 38.5 Å². The highest BCUT2D eigenvalue weighted by Gasteiger charge is 2.26. The lowest BCUT2D eigenvalue weighted by atomic mass is 9.95. The van der Waals surface area contributed by atoms with Crippen molar-refractivity contribution in [3.63, 3.8) is 0 Å². The van der Waals surface area contributed by atoms with Gasteiger partial charge in [-0.05, 0) is 68.4 Å². The predicted molar refractivity (Wildman–Crippen MR) is 133 cm³/mol. The Morgan fingerprint density at radius 1 is 0.941 bits per heavy atom. The van der Waals surface area contributed by atoms with E-state index in [4.69, 9.17) is 9.47 Å². The zero-order valence-corrected chi connectivity index (χ0v) is 20.6. The quantitative estimate of drug-likeness (QED) is 0.397. The van der Waals surface area contributed by atoms with Gasteiger partial charge < -0.3 is 25.4 Å². The lowest BCUT2D eigenvalue weighted by Crippen LogP contribution is -2.27. The molecule has 9 heteroatoms. The number of fused-ring (bicyclic) bond motifs is 1.